The molecule has 0 radical (unpaired) electrons. The van der Waals surface area contributed by atoms with Gasteiger partial charge in [0, 0.05) is 58.6 Å². The third-order valence-corrected chi connectivity index (χ3v) is 10.4. The summed E-state index contributed by atoms with van der Waals surface area (Å²) >= 11 is 0. The number of halogens is 3. The van der Waals surface area contributed by atoms with Gasteiger partial charge in [-0.2, -0.15) is 5.10 Å². The van der Waals surface area contributed by atoms with Gasteiger partial charge in [0.15, 0.2) is 0 Å². The monoisotopic (exact) mass is 896 g/mol. The second-order valence-corrected chi connectivity index (χ2v) is 15.2. The van der Waals surface area contributed by atoms with Gasteiger partial charge >= 0.3 is 0 Å². The number of fused-ring (bicyclic) bond motifs is 3. The van der Waals surface area contributed by atoms with Gasteiger partial charge in [-0.25, -0.2) is 33.1 Å². The number of aryl methyl sites for hydroxylation is 2. The number of ether oxygens (including phenoxy) is 1. The van der Waals surface area contributed by atoms with Crippen molar-refractivity contribution >= 4 is 55.7 Å². The van der Waals surface area contributed by atoms with Crippen LogP contribution in [-0.2, 0) is 13.2 Å². The highest BCUT2D eigenvalue weighted by Gasteiger charge is 2.14. The molecule has 0 aliphatic heterocycles. The number of anilines is 4. The third kappa shape index (κ3) is 9.58. The van der Waals surface area contributed by atoms with Gasteiger partial charge in [0.2, 0.25) is 23.6 Å². The Balaban J connectivity index is 0.000000157. The lowest BCUT2D eigenvalue weighted by atomic mass is 10.1. The average Bonchev–Trinajstić information content (AvgIpc) is 4.09. The molecule has 0 atom stereocenters. The summed E-state index contributed by atoms with van der Waals surface area (Å²) in [5.74, 6) is 2.36. The highest BCUT2D eigenvalue weighted by atomic mass is 19.1. The van der Waals surface area contributed by atoms with Crippen LogP contribution in [0.2, 0.25) is 0 Å². The molecule has 67 heavy (non-hydrogen) atoms. The largest absolute Gasteiger partial charge is 0.489 e. The van der Waals surface area contributed by atoms with E-state index in [-0.39, 0.29) is 12.4 Å². The van der Waals surface area contributed by atoms with E-state index in [2.05, 4.69) is 56.1 Å². The molecule has 18 heteroatoms. The first-order valence-electron chi connectivity index (χ1n) is 20.7. The maximum Gasteiger partial charge on any atom is 0.247 e. The Kier molecular flexibility index (Phi) is 11.4. The summed E-state index contributed by atoms with van der Waals surface area (Å²) in [5, 5.41) is 29.5. The number of hydrogen-bond acceptors (Lipinski definition) is 14. The predicted octanol–water partition coefficient (Wildman–Crippen LogP) is 10.9. The van der Waals surface area contributed by atoms with Crippen LogP contribution in [0.25, 0.3) is 55.6 Å². The fourth-order valence-electron chi connectivity index (χ4n) is 7.23. The van der Waals surface area contributed by atoms with E-state index >= 15 is 0 Å². The van der Waals surface area contributed by atoms with Crippen LogP contribution >= 0.6 is 0 Å². The molecular formula is C49H35F3N12O3. The molecule has 0 fully saturated rings. The normalized spacial score (nSPS) is 11.2. The van der Waals surface area contributed by atoms with Crippen molar-refractivity contribution < 1.29 is 26.7 Å². The summed E-state index contributed by atoms with van der Waals surface area (Å²) in [6.45, 7) is 4.10. The second-order valence-electron chi connectivity index (χ2n) is 15.2. The van der Waals surface area contributed by atoms with Gasteiger partial charge in [-0.05, 0) is 114 Å². The van der Waals surface area contributed by atoms with Gasteiger partial charge in [-0.15, -0.1) is 20.4 Å². The topological polar surface area (TPSA) is 181 Å². The predicted molar refractivity (Wildman–Crippen MR) is 244 cm³/mol. The first kappa shape index (κ1) is 41.9. The van der Waals surface area contributed by atoms with Gasteiger partial charge in [0.05, 0.1) is 29.3 Å². The SMILES string of the molecule is Cc1nnc(-c2ccc3ncnc(Nc4ccc(OCc5ccc(F)cc5)cc4)c3c2)o1.Cc1nnc(-c2ccc3ncnc(Nc4ccc5c(cnn5Cc5cc(F)cc(F)c5)c4)c3c2)o1. The van der Waals surface area contributed by atoms with Crippen LogP contribution in [0.3, 0.4) is 0 Å². The second kappa shape index (κ2) is 18.2. The first-order valence-corrected chi connectivity index (χ1v) is 20.7. The molecule has 5 heterocycles. The highest BCUT2D eigenvalue weighted by Crippen LogP contribution is 2.31. The average molecular weight is 897 g/mol. The highest BCUT2D eigenvalue weighted by molar-refractivity contribution is 5.95. The fraction of sp³-hybridized carbons (Fsp3) is 0.0816. The minimum absolute atomic E-state index is 0.249. The number of benzene rings is 6. The Morgan fingerprint density at radius 2 is 1.13 bits per heavy atom. The number of nitrogens with one attached hydrogen (secondary N) is 2. The van der Waals surface area contributed by atoms with Gasteiger partial charge in [-0.3, -0.25) is 4.68 Å². The molecular weight excluding hydrogens is 862 g/mol. The maximum absolute atomic E-state index is 13.6. The summed E-state index contributed by atoms with van der Waals surface area (Å²) in [6, 6.07) is 34.3. The van der Waals surface area contributed by atoms with E-state index < -0.39 is 11.6 Å². The summed E-state index contributed by atoms with van der Waals surface area (Å²) in [7, 11) is 0. The molecule has 2 N–H and O–H groups in total. The standard InChI is InChI=1S/C25H17F2N7O.C24H18FN5O2/c1-14-32-33-25(35-14)16-2-4-22-21(9-16)24(29-13-28-22)31-20-3-5-23-17(8-20)11-30-34(23)12-15-6-18(26)10-19(27)7-15;1-15-29-30-24(32-15)17-4-11-22-21(12-17)23(27-14-26-22)28-19-7-9-20(10-8-19)31-13-16-2-5-18(25)6-3-16/h2-11,13H,12H2,1H3,(H,28,29,31);2-12,14H,13H2,1H3,(H,26,27,28). The summed E-state index contributed by atoms with van der Waals surface area (Å²) < 4.78 is 58.7. The minimum atomic E-state index is -0.614. The Bertz CT molecular complexity index is 3520. The number of hydrogen-bond donors (Lipinski definition) is 2. The maximum atomic E-state index is 13.6. The Morgan fingerprint density at radius 3 is 1.72 bits per heavy atom. The van der Waals surface area contributed by atoms with Crippen LogP contribution in [0.15, 0.2) is 149 Å². The lowest BCUT2D eigenvalue weighted by molar-refractivity contribution is 0.306. The van der Waals surface area contributed by atoms with Crippen molar-refractivity contribution in [2.75, 3.05) is 10.6 Å². The van der Waals surface area contributed by atoms with E-state index in [4.69, 9.17) is 13.6 Å². The zero-order valence-electron chi connectivity index (χ0n) is 35.5. The number of aromatic nitrogens is 10. The van der Waals surface area contributed by atoms with Crippen LogP contribution in [0.5, 0.6) is 5.75 Å². The summed E-state index contributed by atoms with van der Waals surface area (Å²) in [5.41, 5.74) is 6.98. The summed E-state index contributed by atoms with van der Waals surface area (Å²) in [6.07, 6.45) is 4.72. The van der Waals surface area contributed by atoms with Gasteiger partial charge in [0.25, 0.3) is 0 Å². The smallest absolute Gasteiger partial charge is 0.247 e. The van der Waals surface area contributed by atoms with Gasteiger partial charge < -0.3 is 24.2 Å². The molecule has 0 aliphatic rings. The molecule has 0 aliphatic carbocycles. The van der Waals surface area contributed by atoms with E-state index in [0.29, 0.717) is 53.1 Å². The molecule has 6 aromatic carbocycles. The van der Waals surface area contributed by atoms with Crippen molar-refractivity contribution in [3.05, 3.63) is 181 Å². The molecule has 0 unspecified atom stereocenters. The van der Waals surface area contributed by atoms with Crippen LogP contribution < -0.4 is 15.4 Å². The van der Waals surface area contributed by atoms with E-state index in [9.17, 15) is 13.2 Å². The zero-order valence-corrected chi connectivity index (χ0v) is 35.5. The Morgan fingerprint density at radius 1 is 0.552 bits per heavy atom. The van der Waals surface area contributed by atoms with Crippen LogP contribution in [0.1, 0.15) is 22.9 Å². The Hall–Kier alpha value is -9.06. The Labute approximate surface area is 378 Å². The summed E-state index contributed by atoms with van der Waals surface area (Å²) in [4.78, 5) is 17.5. The van der Waals surface area contributed by atoms with Gasteiger partial charge in [0.1, 0.15) is 54.1 Å². The molecule has 0 amide bonds. The van der Waals surface area contributed by atoms with Crippen molar-refractivity contribution in [2.24, 2.45) is 0 Å². The number of rotatable bonds is 11. The van der Waals surface area contributed by atoms with Crippen LogP contribution in [0.4, 0.5) is 36.2 Å². The van der Waals surface area contributed by atoms with Crippen LogP contribution in [0, 0.1) is 31.3 Å². The van der Waals surface area contributed by atoms with Crippen molar-refractivity contribution in [1.29, 1.82) is 0 Å². The van der Waals surface area contributed by atoms with E-state index in [0.717, 1.165) is 66.8 Å². The zero-order chi connectivity index (χ0) is 45.9. The quantitative estimate of drug-likeness (QED) is 0.125. The molecule has 11 rings (SSSR count). The number of nitrogens with zero attached hydrogens (tertiary/aromatic N) is 10. The van der Waals surface area contributed by atoms with Crippen molar-refractivity contribution in [2.45, 2.75) is 27.0 Å². The van der Waals surface area contributed by atoms with E-state index in [1.54, 1.807) is 36.9 Å². The molecule has 0 saturated carbocycles. The minimum Gasteiger partial charge on any atom is -0.489 e. The lowest BCUT2D eigenvalue weighted by Crippen LogP contribution is -2.02. The van der Waals surface area contributed by atoms with Crippen LogP contribution in [-0.4, -0.2) is 50.1 Å². The molecule has 0 saturated heterocycles. The molecule has 0 bridgehead atoms. The van der Waals surface area contributed by atoms with Gasteiger partial charge in [-0.1, -0.05) is 12.1 Å². The van der Waals surface area contributed by atoms with Crippen molar-refractivity contribution in [3.63, 3.8) is 0 Å². The molecule has 11 aromatic rings. The van der Waals surface area contributed by atoms with E-state index in [1.165, 1.54) is 36.9 Å². The fourth-order valence-corrected chi connectivity index (χ4v) is 7.23. The third-order valence-electron chi connectivity index (χ3n) is 10.4. The first-order chi connectivity index (χ1) is 32.6. The molecule has 5 aromatic heterocycles. The molecule has 15 nitrogen and oxygen atoms in total. The lowest BCUT2D eigenvalue weighted by Gasteiger charge is -2.10. The van der Waals surface area contributed by atoms with Crippen molar-refractivity contribution in [3.8, 4) is 28.7 Å². The molecule has 0 spiro atoms. The molecule has 330 valence electrons. The van der Waals surface area contributed by atoms with E-state index in [1.807, 2.05) is 78.9 Å². The van der Waals surface area contributed by atoms with Crippen molar-refractivity contribution in [1.82, 2.24) is 50.1 Å².